The molecule has 160 valence electrons. The molecule has 0 saturated carbocycles. The van der Waals surface area contributed by atoms with Crippen LogP contribution in [0.4, 0.5) is 5.82 Å². The van der Waals surface area contributed by atoms with E-state index >= 15 is 0 Å². The number of rotatable bonds is 2. The summed E-state index contributed by atoms with van der Waals surface area (Å²) < 4.78 is 8.14. The summed E-state index contributed by atoms with van der Waals surface area (Å²) in [7, 11) is 0. The average molecular weight is 446 g/mol. The molecule has 32 heavy (non-hydrogen) atoms. The number of hydrogen-bond donors (Lipinski definition) is 0. The maximum atomic E-state index is 12.7. The summed E-state index contributed by atoms with van der Waals surface area (Å²) >= 11 is 6.16. The molecular formula is C24H20ClN5O2. The normalized spacial score (nSPS) is 17.4. The van der Waals surface area contributed by atoms with Crippen LogP contribution in [0.1, 0.15) is 29.6 Å². The van der Waals surface area contributed by atoms with Crippen molar-refractivity contribution in [2.45, 2.75) is 24.9 Å². The largest absolute Gasteiger partial charge is 0.486 e. The van der Waals surface area contributed by atoms with Crippen molar-refractivity contribution in [3.63, 3.8) is 0 Å². The quantitative estimate of drug-likeness (QED) is 0.453. The molecule has 2 aliphatic rings. The number of ketones is 1. The van der Waals surface area contributed by atoms with Gasteiger partial charge in [-0.15, -0.1) is 0 Å². The Hall–Kier alpha value is -3.45. The Morgan fingerprint density at radius 1 is 1.03 bits per heavy atom. The molecule has 0 N–H and O–H groups in total. The van der Waals surface area contributed by atoms with Gasteiger partial charge in [-0.05, 0) is 30.3 Å². The number of Topliss-reactive ketones (excluding diaryl/α,β-unsaturated/α-hetero) is 1. The SMILES string of the molecule is O=C1CC2(CCN(c3ncnc4c3cnn4-c3cccc(Cl)c3)CC2)Oc2ccccc21. The molecule has 0 amide bonds. The zero-order valence-corrected chi connectivity index (χ0v) is 18.0. The molecule has 7 nitrogen and oxygen atoms in total. The number of aromatic nitrogens is 4. The van der Waals surface area contributed by atoms with E-state index in [1.165, 1.54) is 0 Å². The van der Waals surface area contributed by atoms with Crippen LogP contribution in [0.2, 0.25) is 5.02 Å². The van der Waals surface area contributed by atoms with Crippen molar-refractivity contribution in [2.24, 2.45) is 0 Å². The first-order valence-electron chi connectivity index (χ1n) is 10.6. The first kappa shape index (κ1) is 19.3. The molecule has 0 aliphatic carbocycles. The van der Waals surface area contributed by atoms with E-state index in [-0.39, 0.29) is 5.78 Å². The molecule has 4 heterocycles. The summed E-state index contributed by atoms with van der Waals surface area (Å²) in [6.45, 7) is 1.48. The molecule has 0 bridgehead atoms. The fraction of sp³-hybridized carbons (Fsp3) is 0.250. The second-order valence-electron chi connectivity index (χ2n) is 8.34. The van der Waals surface area contributed by atoms with Crippen LogP contribution >= 0.6 is 11.6 Å². The second-order valence-corrected chi connectivity index (χ2v) is 8.78. The van der Waals surface area contributed by atoms with Crippen molar-refractivity contribution < 1.29 is 9.53 Å². The zero-order valence-electron chi connectivity index (χ0n) is 17.2. The number of nitrogens with zero attached hydrogens (tertiary/aromatic N) is 5. The predicted octanol–water partition coefficient (Wildman–Crippen LogP) is 4.47. The van der Waals surface area contributed by atoms with Gasteiger partial charge in [0.25, 0.3) is 0 Å². The molecule has 6 rings (SSSR count). The minimum Gasteiger partial charge on any atom is -0.486 e. The summed E-state index contributed by atoms with van der Waals surface area (Å²) in [4.78, 5) is 24.0. The second kappa shape index (κ2) is 7.31. The maximum Gasteiger partial charge on any atom is 0.170 e. The molecule has 0 atom stereocenters. The highest BCUT2D eigenvalue weighted by Crippen LogP contribution is 2.40. The molecule has 1 fully saturated rings. The van der Waals surface area contributed by atoms with E-state index < -0.39 is 5.60 Å². The van der Waals surface area contributed by atoms with Crippen LogP contribution < -0.4 is 9.64 Å². The summed E-state index contributed by atoms with van der Waals surface area (Å²) in [5, 5.41) is 6.07. The van der Waals surface area contributed by atoms with Gasteiger partial charge in [-0.25, -0.2) is 14.6 Å². The van der Waals surface area contributed by atoms with Crippen LogP contribution in [0.15, 0.2) is 61.1 Å². The Bertz CT molecular complexity index is 1340. The minimum atomic E-state index is -0.445. The van der Waals surface area contributed by atoms with Gasteiger partial charge >= 0.3 is 0 Å². The fourth-order valence-corrected chi connectivity index (χ4v) is 4.91. The smallest absolute Gasteiger partial charge is 0.170 e. The lowest BCUT2D eigenvalue weighted by Gasteiger charge is -2.44. The van der Waals surface area contributed by atoms with Gasteiger partial charge in [-0.2, -0.15) is 5.10 Å². The molecule has 4 aromatic rings. The molecule has 8 heteroatoms. The molecule has 2 aromatic carbocycles. The molecule has 2 aromatic heterocycles. The molecule has 1 spiro atoms. The molecule has 1 saturated heterocycles. The third-order valence-electron chi connectivity index (χ3n) is 6.37. The predicted molar refractivity (Wildman–Crippen MR) is 122 cm³/mol. The fourth-order valence-electron chi connectivity index (χ4n) is 4.73. The maximum absolute atomic E-state index is 12.7. The number of ether oxygens (including phenoxy) is 1. The van der Waals surface area contributed by atoms with Crippen LogP contribution in [-0.2, 0) is 0 Å². The number of para-hydroxylation sites is 1. The van der Waals surface area contributed by atoms with E-state index in [0.29, 0.717) is 22.8 Å². The van der Waals surface area contributed by atoms with Crippen molar-refractivity contribution in [3.8, 4) is 11.4 Å². The number of carbonyl (C=O) groups is 1. The molecule has 2 aliphatic heterocycles. The van der Waals surface area contributed by atoms with Gasteiger partial charge in [0, 0.05) is 31.0 Å². The number of halogens is 1. The van der Waals surface area contributed by atoms with Gasteiger partial charge in [-0.3, -0.25) is 4.79 Å². The van der Waals surface area contributed by atoms with Crippen molar-refractivity contribution in [2.75, 3.05) is 18.0 Å². The topological polar surface area (TPSA) is 73.1 Å². The van der Waals surface area contributed by atoms with Gasteiger partial charge in [0.15, 0.2) is 11.4 Å². The number of benzene rings is 2. The first-order valence-corrected chi connectivity index (χ1v) is 11.0. The summed E-state index contributed by atoms with van der Waals surface area (Å²) in [6.07, 6.45) is 5.29. The third kappa shape index (κ3) is 3.12. The van der Waals surface area contributed by atoms with Crippen molar-refractivity contribution in [3.05, 3.63) is 71.6 Å². The highest BCUT2D eigenvalue weighted by atomic mass is 35.5. The number of carbonyl (C=O) groups excluding carboxylic acids is 1. The standard InChI is InChI=1S/C24H20ClN5O2/c25-16-4-3-5-17(12-16)30-23-19(14-28-30)22(26-15-27-23)29-10-8-24(9-11-29)13-20(31)18-6-1-2-7-21(18)32-24/h1-7,12,14-15H,8-11,13H2. The van der Waals surface area contributed by atoms with E-state index in [4.69, 9.17) is 16.3 Å². The van der Waals surface area contributed by atoms with Gasteiger partial charge in [0.05, 0.1) is 29.3 Å². The van der Waals surface area contributed by atoms with Crippen LogP contribution in [0.25, 0.3) is 16.7 Å². The van der Waals surface area contributed by atoms with E-state index in [1.807, 2.05) is 48.5 Å². The number of piperidine rings is 1. The van der Waals surface area contributed by atoms with Gasteiger partial charge in [-0.1, -0.05) is 29.8 Å². The Balaban J connectivity index is 1.28. The highest BCUT2D eigenvalue weighted by Gasteiger charge is 2.43. The number of anilines is 1. The van der Waals surface area contributed by atoms with E-state index in [1.54, 1.807) is 17.2 Å². The summed E-state index contributed by atoms with van der Waals surface area (Å²) in [5.74, 6) is 1.71. The Kier molecular flexibility index (Phi) is 4.40. The molecular weight excluding hydrogens is 426 g/mol. The van der Waals surface area contributed by atoms with E-state index in [0.717, 1.165) is 48.5 Å². The van der Waals surface area contributed by atoms with E-state index in [9.17, 15) is 4.79 Å². The van der Waals surface area contributed by atoms with Crippen molar-refractivity contribution in [1.82, 2.24) is 19.7 Å². The first-order chi connectivity index (χ1) is 15.6. The van der Waals surface area contributed by atoms with Crippen molar-refractivity contribution in [1.29, 1.82) is 0 Å². The lowest BCUT2D eigenvalue weighted by Crippen LogP contribution is -2.51. The van der Waals surface area contributed by atoms with Gasteiger partial charge < -0.3 is 9.64 Å². The van der Waals surface area contributed by atoms with Gasteiger partial charge in [0.2, 0.25) is 0 Å². The zero-order chi connectivity index (χ0) is 21.7. The number of fused-ring (bicyclic) bond motifs is 2. The molecule has 0 unspecified atom stereocenters. The summed E-state index contributed by atoms with van der Waals surface area (Å²) in [6, 6.07) is 15.0. The monoisotopic (exact) mass is 445 g/mol. The highest BCUT2D eigenvalue weighted by molar-refractivity contribution is 6.30. The third-order valence-corrected chi connectivity index (χ3v) is 6.60. The van der Waals surface area contributed by atoms with Crippen LogP contribution in [0.3, 0.4) is 0 Å². The average Bonchev–Trinajstić information content (AvgIpc) is 3.24. The Morgan fingerprint density at radius 2 is 1.88 bits per heavy atom. The van der Waals surface area contributed by atoms with E-state index in [2.05, 4.69) is 20.0 Å². The lowest BCUT2D eigenvalue weighted by molar-refractivity contribution is 0.0231. The van der Waals surface area contributed by atoms with Gasteiger partial charge in [0.1, 0.15) is 23.5 Å². The van der Waals surface area contributed by atoms with Crippen LogP contribution in [0.5, 0.6) is 5.75 Å². The summed E-state index contributed by atoms with van der Waals surface area (Å²) in [5.41, 5.74) is 1.82. The molecule has 0 radical (unpaired) electrons. The van der Waals surface area contributed by atoms with Crippen LogP contribution in [-0.4, -0.2) is 44.2 Å². The lowest BCUT2D eigenvalue weighted by atomic mass is 9.82. The van der Waals surface area contributed by atoms with Crippen molar-refractivity contribution >= 4 is 34.2 Å². The Morgan fingerprint density at radius 3 is 2.72 bits per heavy atom. The Labute approximate surface area is 189 Å². The minimum absolute atomic E-state index is 0.160. The number of hydrogen-bond acceptors (Lipinski definition) is 6. The van der Waals surface area contributed by atoms with Crippen LogP contribution in [0, 0.1) is 0 Å².